The summed E-state index contributed by atoms with van der Waals surface area (Å²) in [6, 6.07) is 12.9. The molecule has 0 spiro atoms. The van der Waals surface area contributed by atoms with E-state index in [-0.39, 0.29) is 24.5 Å². The SMILES string of the molecule is C[C@H](Cn1ccnc1)NC(=O)Nc1cccc(OCc2cccc(F)c2)c1. The molecule has 0 fully saturated rings. The highest BCUT2D eigenvalue weighted by Gasteiger charge is 2.08. The fraction of sp³-hybridized carbons (Fsp3) is 0.200. The normalized spacial score (nSPS) is 11.6. The van der Waals surface area contributed by atoms with Gasteiger partial charge in [0.25, 0.3) is 0 Å². The first kappa shape index (κ1) is 18.4. The predicted octanol–water partition coefficient (Wildman–Crippen LogP) is 3.81. The topological polar surface area (TPSA) is 68.2 Å². The van der Waals surface area contributed by atoms with Gasteiger partial charge in [0.2, 0.25) is 0 Å². The van der Waals surface area contributed by atoms with Gasteiger partial charge in [-0.2, -0.15) is 0 Å². The highest BCUT2D eigenvalue weighted by atomic mass is 19.1. The number of nitrogens with one attached hydrogen (secondary N) is 2. The molecule has 2 aromatic carbocycles. The van der Waals surface area contributed by atoms with E-state index in [9.17, 15) is 9.18 Å². The zero-order chi connectivity index (χ0) is 19.1. The zero-order valence-electron chi connectivity index (χ0n) is 14.9. The summed E-state index contributed by atoms with van der Waals surface area (Å²) in [4.78, 5) is 16.1. The third kappa shape index (κ3) is 5.85. The summed E-state index contributed by atoms with van der Waals surface area (Å²) >= 11 is 0. The first-order valence-corrected chi connectivity index (χ1v) is 8.59. The number of benzene rings is 2. The van der Waals surface area contributed by atoms with Crippen LogP contribution in [0.5, 0.6) is 5.75 Å². The Kier molecular flexibility index (Phi) is 6.04. The molecule has 2 amide bonds. The van der Waals surface area contributed by atoms with E-state index >= 15 is 0 Å². The molecule has 0 aliphatic carbocycles. The summed E-state index contributed by atoms with van der Waals surface area (Å²) in [7, 11) is 0. The number of amides is 2. The first-order chi connectivity index (χ1) is 13.1. The van der Waals surface area contributed by atoms with Crippen molar-refractivity contribution in [2.45, 2.75) is 26.1 Å². The lowest BCUT2D eigenvalue weighted by atomic mass is 10.2. The molecule has 3 aromatic rings. The quantitative estimate of drug-likeness (QED) is 0.666. The fourth-order valence-electron chi connectivity index (χ4n) is 2.60. The predicted molar refractivity (Wildman–Crippen MR) is 101 cm³/mol. The Morgan fingerprint density at radius 2 is 2.11 bits per heavy atom. The van der Waals surface area contributed by atoms with Crippen molar-refractivity contribution >= 4 is 11.7 Å². The fourth-order valence-corrected chi connectivity index (χ4v) is 2.60. The smallest absolute Gasteiger partial charge is 0.319 e. The third-order valence-corrected chi connectivity index (χ3v) is 3.81. The van der Waals surface area contributed by atoms with Crippen molar-refractivity contribution in [3.63, 3.8) is 0 Å². The molecule has 7 heteroatoms. The van der Waals surface area contributed by atoms with Gasteiger partial charge in [-0.15, -0.1) is 0 Å². The van der Waals surface area contributed by atoms with Gasteiger partial charge in [0.15, 0.2) is 0 Å². The highest BCUT2D eigenvalue weighted by Crippen LogP contribution is 2.19. The van der Waals surface area contributed by atoms with Crippen molar-refractivity contribution in [1.29, 1.82) is 0 Å². The maximum absolute atomic E-state index is 13.2. The van der Waals surface area contributed by atoms with Crippen LogP contribution in [-0.2, 0) is 13.2 Å². The van der Waals surface area contributed by atoms with Crippen LogP contribution >= 0.6 is 0 Å². The van der Waals surface area contributed by atoms with Gasteiger partial charge in [-0.25, -0.2) is 14.2 Å². The van der Waals surface area contributed by atoms with Gasteiger partial charge >= 0.3 is 6.03 Å². The van der Waals surface area contributed by atoms with Gasteiger partial charge < -0.3 is 19.9 Å². The van der Waals surface area contributed by atoms with Crippen molar-refractivity contribution < 1.29 is 13.9 Å². The maximum atomic E-state index is 13.2. The van der Waals surface area contributed by atoms with Crippen LogP contribution in [0.4, 0.5) is 14.9 Å². The summed E-state index contributed by atoms with van der Waals surface area (Å²) < 4.78 is 20.8. The molecule has 6 nitrogen and oxygen atoms in total. The van der Waals surface area contributed by atoms with Gasteiger partial charge in [0, 0.05) is 36.7 Å². The van der Waals surface area contributed by atoms with Gasteiger partial charge in [0.05, 0.1) is 6.33 Å². The third-order valence-electron chi connectivity index (χ3n) is 3.81. The molecule has 140 valence electrons. The molecule has 0 aliphatic rings. The van der Waals surface area contributed by atoms with Crippen LogP contribution in [0.15, 0.2) is 67.3 Å². The molecule has 2 N–H and O–H groups in total. The molecule has 0 radical (unpaired) electrons. The molecule has 1 heterocycles. The molecule has 0 unspecified atom stereocenters. The lowest BCUT2D eigenvalue weighted by Crippen LogP contribution is -2.38. The van der Waals surface area contributed by atoms with E-state index in [0.29, 0.717) is 18.0 Å². The van der Waals surface area contributed by atoms with Crippen LogP contribution in [0, 0.1) is 5.82 Å². The van der Waals surface area contributed by atoms with Crippen molar-refractivity contribution in [2.75, 3.05) is 5.32 Å². The van der Waals surface area contributed by atoms with E-state index in [1.165, 1.54) is 12.1 Å². The minimum atomic E-state index is -0.301. The molecule has 0 aliphatic heterocycles. The molecule has 0 saturated carbocycles. The second-order valence-electron chi connectivity index (χ2n) is 6.21. The van der Waals surface area contributed by atoms with E-state index in [4.69, 9.17) is 4.74 Å². The Bertz CT molecular complexity index is 883. The standard InChI is InChI=1S/C20H21FN4O2/c1-15(12-25-9-8-22-14-25)23-20(26)24-18-6-3-7-19(11-18)27-13-16-4-2-5-17(21)10-16/h2-11,14-15H,12-13H2,1H3,(H2,23,24,26)/t15-/m1/s1. The van der Waals surface area contributed by atoms with E-state index in [1.807, 2.05) is 17.7 Å². The Labute approximate surface area is 157 Å². The summed E-state index contributed by atoms with van der Waals surface area (Å²) in [6.07, 6.45) is 5.24. The second-order valence-corrected chi connectivity index (χ2v) is 6.21. The summed E-state index contributed by atoms with van der Waals surface area (Å²) in [5.74, 6) is 0.288. The van der Waals surface area contributed by atoms with Crippen LogP contribution in [0.25, 0.3) is 0 Å². The Hall–Kier alpha value is -3.35. The molecular formula is C20H21FN4O2. The van der Waals surface area contributed by atoms with Crippen molar-refractivity contribution in [3.8, 4) is 5.75 Å². The van der Waals surface area contributed by atoms with Crippen LogP contribution in [0.1, 0.15) is 12.5 Å². The van der Waals surface area contributed by atoms with E-state index in [0.717, 1.165) is 5.56 Å². The van der Waals surface area contributed by atoms with Crippen LogP contribution in [-0.4, -0.2) is 21.6 Å². The molecular weight excluding hydrogens is 347 g/mol. The number of urea groups is 1. The van der Waals surface area contributed by atoms with Crippen molar-refractivity contribution in [3.05, 3.63) is 78.6 Å². The summed E-state index contributed by atoms with van der Waals surface area (Å²) in [5.41, 5.74) is 1.35. The number of halogens is 1. The van der Waals surface area contributed by atoms with E-state index in [1.54, 1.807) is 48.9 Å². The summed E-state index contributed by atoms with van der Waals surface area (Å²) in [6.45, 7) is 2.79. The summed E-state index contributed by atoms with van der Waals surface area (Å²) in [5, 5.41) is 5.65. The Balaban J connectivity index is 1.51. The molecule has 1 atom stereocenters. The van der Waals surface area contributed by atoms with Gasteiger partial charge in [0.1, 0.15) is 18.2 Å². The largest absolute Gasteiger partial charge is 0.489 e. The minimum absolute atomic E-state index is 0.0633. The van der Waals surface area contributed by atoms with E-state index < -0.39 is 0 Å². The zero-order valence-corrected chi connectivity index (χ0v) is 14.9. The molecule has 3 rings (SSSR count). The average Bonchev–Trinajstić information content (AvgIpc) is 3.13. The molecule has 1 aromatic heterocycles. The number of hydrogen-bond donors (Lipinski definition) is 2. The Morgan fingerprint density at radius 1 is 1.26 bits per heavy atom. The number of nitrogens with zero attached hydrogens (tertiary/aromatic N) is 2. The Morgan fingerprint density at radius 3 is 2.89 bits per heavy atom. The van der Waals surface area contributed by atoms with Gasteiger partial charge in [-0.3, -0.25) is 0 Å². The number of imidazole rings is 1. The number of anilines is 1. The highest BCUT2D eigenvalue weighted by molar-refractivity contribution is 5.89. The number of aromatic nitrogens is 2. The van der Waals surface area contributed by atoms with Crippen LogP contribution < -0.4 is 15.4 Å². The van der Waals surface area contributed by atoms with Gasteiger partial charge in [-0.1, -0.05) is 18.2 Å². The first-order valence-electron chi connectivity index (χ1n) is 8.59. The minimum Gasteiger partial charge on any atom is -0.489 e. The lowest BCUT2D eigenvalue weighted by molar-refractivity contribution is 0.248. The van der Waals surface area contributed by atoms with Crippen molar-refractivity contribution in [1.82, 2.24) is 14.9 Å². The molecule has 27 heavy (non-hydrogen) atoms. The number of carbonyl (C=O) groups excluding carboxylic acids is 1. The van der Waals surface area contributed by atoms with Crippen LogP contribution in [0.3, 0.4) is 0 Å². The number of carbonyl (C=O) groups is 1. The second kappa shape index (κ2) is 8.84. The number of ether oxygens (including phenoxy) is 1. The van der Waals surface area contributed by atoms with E-state index in [2.05, 4.69) is 15.6 Å². The maximum Gasteiger partial charge on any atom is 0.319 e. The number of rotatable bonds is 7. The average molecular weight is 368 g/mol. The monoisotopic (exact) mass is 368 g/mol. The number of hydrogen-bond acceptors (Lipinski definition) is 3. The van der Waals surface area contributed by atoms with Crippen LogP contribution in [0.2, 0.25) is 0 Å². The van der Waals surface area contributed by atoms with Crippen molar-refractivity contribution in [2.24, 2.45) is 0 Å². The molecule has 0 saturated heterocycles. The molecule has 0 bridgehead atoms. The van der Waals surface area contributed by atoms with Gasteiger partial charge in [-0.05, 0) is 36.8 Å². The lowest BCUT2D eigenvalue weighted by Gasteiger charge is -2.15.